The average Bonchev–Trinajstić information content (AvgIpc) is 2.57. The molecule has 3 N–H and O–H groups in total. The minimum absolute atomic E-state index is 0.00358. The van der Waals surface area contributed by atoms with Crippen LogP contribution in [-0.4, -0.2) is 19.1 Å². The van der Waals surface area contributed by atoms with Crippen LogP contribution in [0.25, 0.3) is 0 Å². The number of methoxy groups -OCH3 is 1. The lowest BCUT2D eigenvalue weighted by atomic mass is 9.75. The van der Waals surface area contributed by atoms with Crippen molar-refractivity contribution in [2.24, 2.45) is 5.73 Å². The van der Waals surface area contributed by atoms with Gasteiger partial charge in [0.15, 0.2) is 0 Å². The van der Waals surface area contributed by atoms with Crippen molar-refractivity contribution in [3.8, 4) is 5.75 Å². The Bertz CT molecular complexity index is 756. The Hall–Kier alpha value is -2.33. The maximum absolute atomic E-state index is 12.5. The number of ether oxygens (including phenoxy) is 1. The van der Waals surface area contributed by atoms with Gasteiger partial charge in [-0.15, -0.1) is 0 Å². The lowest BCUT2D eigenvalue weighted by molar-refractivity contribution is 0.0908. The van der Waals surface area contributed by atoms with Crippen molar-refractivity contribution in [1.82, 2.24) is 5.32 Å². The van der Waals surface area contributed by atoms with Crippen molar-refractivity contribution in [3.63, 3.8) is 0 Å². The molecule has 0 radical (unpaired) electrons. The highest BCUT2D eigenvalue weighted by Crippen LogP contribution is 2.38. The molecule has 1 fully saturated rings. The SMILES string of the molecule is COc1cccc(C2CC(NC(=O)c3cc(C)c(CN)c(C)c3)C2)c1. The third-order valence-electron chi connectivity index (χ3n) is 5.20. The van der Waals surface area contributed by atoms with Crippen LogP contribution in [-0.2, 0) is 6.54 Å². The first-order valence-corrected chi connectivity index (χ1v) is 8.76. The lowest BCUT2D eigenvalue weighted by Crippen LogP contribution is -2.43. The average molecular weight is 338 g/mol. The van der Waals surface area contributed by atoms with Gasteiger partial charge in [-0.3, -0.25) is 4.79 Å². The van der Waals surface area contributed by atoms with Crippen LogP contribution in [0.1, 0.15) is 51.4 Å². The summed E-state index contributed by atoms with van der Waals surface area (Å²) in [6.45, 7) is 4.52. The van der Waals surface area contributed by atoms with Crippen LogP contribution >= 0.6 is 0 Å². The molecule has 0 spiro atoms. The molecule has 1 aliphatic carbocycles. The molecule has 3 rings (SSSR count). The fourth-order valence-corrected chi connectivity index (χ4v) is 3.62. The van der Waals surface area contributed by atoms with E-state index >= 15 is 0 Å². The summed E-state index contributed by atoms with van der Waals surface area (Å²) in [7, 11) is 1.68. The summed E-state index contributed by atoms with van der Waals surface area (Å²) in [5.74, 6) is 1.38. The number of rotatable bonds is 5. The van der Waals surface area contributed by atoms with Gasteiger partial charge in [0, 0.05) is 18.2 Å². The molecule has 1 aliphatic rings. The molecular weight excluding hydrogens is 312 g/mol. The number of benzene rings is 2. The Labute approximate surface area is 149 Å². The van der Waals surface area contributed by atoms with E-state index < -0.39 is 0 Å². The number of nitrogens with one attached hydrogen (secondary N) is 1. The van der Waals surface area contributed by atoms with E-state index in [1.807, 2.05) is 38.1 Å². The molecule has 1 amide bonds. The molecule has 1 saturated carbocycles. The molecule has 132 valence electrons. The summed E-state index contributed by atoms with van der Waals surface area (Å²) < 4.78 is 5.29. The van der Waals surface area contributed by atoms with E-state index in [2.05, 4.69) is 17.4 Å². The number of carbonyl (C=O) groups excluding carboxylic acids is 1. The molecule has 0 bridgehead atoms. The Kier molecular flexibility index (Phi) is 5.09. The van der Waals surface area contributed by atoms with Crippen LogP contribution in [0.5, 0.6) is 5.75 Å². The quantitative estimate of drug-likeness (QED) is 0.878. The van der Waals surface area contributed by atoms with Crippen LogP contribution in [0.3, 0.4) is 0 Å². The first-order chi connectivity index (χ1) is 12.0. The Morgan fingerprint density at radius 1 is 1.20 bits per heavy atom. The maximum Gasteiger partial charge on any atom is 0.251 e. The Balaban J connectivity index is 1.60. The molecule has 0 heterocycles. The number of carbonyl (C=O) groups is 1. The van der Waals surface area contributed by atoms with Gasteiger partial charge in [0.05, 0.1) is 7.11 Å². The summed E-state index contributed by atoms with van der Waals surface area (Å²) in [4.78, 5) is 12.5. The van der Waals surface area contributed by atoms with Gasteiger partial charge in [-0.05, 0) is 79.1 Å². The normalized spacial score (nSPS) is 19.2. The Morgan fingerprint density at radius 2 is 1.88 bits per heavy atom. The van der Waals surface area contributed by atoms with E-state index in [9.17, 15) is 4.79 Å². The number of nitrogens with two attached hydrogens (primary N) is 1. The van der Waals surface area contributed by atoms with E-state index in [0.29, 0.717) is 12.5 Å². The second-order valence-electron chi connectivity index (χ2n) is 6.91. The largest absolute Gasteiger partial charge is 0.497 e. The third kappa shape index (κ3) is 3.69. The van der Waals surface area contributed by atoms with Crippen molar-refractivity contribution in [3.05, 3.63) is 64.2 Å². The van der Waals surface area contributed by atoms with Gasteiger partial charge in [0.2, 0.25) is 0 Å². The molecule has 4 heteroatoms. The van der Waals surface area contributed by atoms with Gasteiger partial charge in [0.25, 0.3) is 5.91 Å². The number of hydrogen-bond donors (Lipinski definition) is 2. The zero-order valence-electron chi connectivity index (χ0n) is 15.1. The molecule has 25 heavy (non-hydrogen) atoms. The van der Waals surface area contributed by atoms with Gasteiger partial charge in [-0.2, -0.15) is 0 Å². The molecule has 2 aromatic rings. The van der Waals surface area contributed by atoms with E-state index in [1.54, 1.807) is 7.11 Å². The first kappa shape index (κ1) is 17.5. The predicted octanol–water partition coefficient (Wildman–Crippen LogP) is 3.45. The van der Waals surface area contributed by atoms with E-state index in [-0.39, 0.29) is 11.9 Å². The van der Waals surface area contributed by atoms with Gasteiger partial charge in [-0.1, -0.05) is 12.1 Å². The van der Waals surface area contributed by atoms with Crippen LogP contribution in [0.4, 0.5) is 0 Å². The number of amides is 1. The van der Waals surface area contributed by atoms with Crippen LogP contribution in [0.2, 0.25) is 0 Å². The van der Waals surface area contributed by atoms with E-state index in [4.69, 9.17) is 10.5 Å². The minimum Gasteiger partial charge on any atom is -0.497 e. The zero-order chi connectivity index (χ0) is 18.0. The molecule has 0 atom stereocenters. The monoisotopic (exact) mass is 338 g/mol. The second-order valence-corrected chi connectivity index (χ2v) is 6.91. The number of aryl methyl sites for hydroxylation is 2. The zero-order valence-corrected chi connectivity index (χ0v) is 15.1. The fraction of sp³-hybridized carbons (Fsp3) is 0.381. The lowest BCUT2D eigenvalue weighted by Gasteiger charge is -2.36. The van der Waals surface area contributed by atoms with E-state index in [1.165, 1.54) is 5.56 Å². The molecule has 0 saturated heterocycles. The summed E-state index contributed by atoms with van der Waals surface area (Å²) in [5.41, 5.74) is 11.1. The standard InChI is InChI=1S/C21H26N2O2/c1-13-7-17(8-14(2)20(13)12-22)21(24)23-18-9-16(10-18)15-5-4-6-19(11-15)25-3/h4-8,11,16,18H,9-10,12,22H2,1-3H3,(H,23,24). The minimum atomic E-state index is 0.00358. The molecule has 0 aromatic heterocycles. The van der Waals surface area contributed by atoms with Gasteiger partial charge < -0.3 is 15.8 Å². The fourth-order valence-electron chi connectivity index (χ4n) is 3.62. The Morgan fingerprint density at radius 3 is 2.48 bits per heavy atom. The molecule has 2 aromatic carbocycles. The summed E-state index contributed by atoms with van der Waals surface area (Å²) in [6, 6.07) is 12.3. The maximum atomic E-state index is 12.5. The van der Waals surface area contributed by atoms with Crippen molar-refractivity contribution in [2.45, 2.75) is 45.2 Å². The molecule has 4 nitrogen and oxygen atoms in total. The topological polar surface area (TPSA) is 64.3 Å². The predicted molar refractivity (Wildman–Crippen MR) is 100 cm³/mol. The molecule has 0 aliphatic heterocycles. The van der Waals surface area contributed by atoms with Crippen molar-refractivity contribution < 1.29 is 9.53 Å². The van der Waals surface area contributed by atoms with Crippen molar-refractivity contribution >= 4 is 5.91 Å². The summed E-state index contributed by atoms with van der Waals surface area (Å²) >= 11 is 0. The smallest absolute Gasteiger partial charge is 0.251 e. The van der Waals surface area contributed by atoms with Crippen molar-refractivity contribution in [2.75, 3.05) is 7.11 Å². The third-order valence-corrected chi connectivity index (χ3v) is 5.20. The highest BCUT2D eigenvalue weighted by atomic mass is 16.5. The van der Waals surface area contributed by atoms with Crippen LogP contribution in [0.15, 0.2) is 36.4 Å². The highest BCUT2D eigenvalue weighted by molar-refractivity contribution is 5.95. The summed E-state index contributed by atoms with van der Waals surface area (Å²) in [6.07, 6.45) is 1.94. The number of hydrogen-bond acceptors (Lipinski definition) is 3. The summed E-state index contributed by atoms with van der Waals surface area (Å²) in [5, 5.41) is 3.15. The first-order valence-electron chi connectivity index (χ1n) is 8.76. The van der Waals surface area contributed by atoms with Gasteiger partial charge in [-0.25, -0.2) is 0 Å². The van der Waals surface area contributed by atoms with Crippen LogP contribution < -0.4 is 15.8 Å². The van der Waals surface area contributed by atoms with Gasteiger partial charge >= 0.3 is 0 Å². The highest BCUT2D eigenvalue weighted by Gasteiger charge is 2.31. The van der Waals surface area contributed by atoms with E-state index in [0.717, 1.165) is 40.8 Å². The molecular formula is C21H26N2O2. The second kappa shape index (κ2) is 7.28. The van der Waals surface area contributed by atoms with Crippen LogP contribution in [0, 0.1) is 13.8 Å². The van der Waals surface area contributed by atoms with Gasteiger partial charge in [0.1, 0.15) is 5.75 Å². The molecule has 0 unspecified atom stereocenters. The van der Waals surface area contributed by atoms with Crippen molar-refractivity contribution in [1.29, 1.82) is 0 Å².